The predicted molar refractivity (Wildman–Crippen MR) is 103 cm³/mol. The first kappa shape index (κ1) is 20.7. The Morgan fingerprint density at radius 1 is 1.22 bits per heavy atom. The Morgan fingerprint density at radius 2 is 1.93 bits per heavy atom. The number of halogens is 1. The first-order valence-corrected chi connectivity index (χ1v) is 9.90. The van der Waals surface area contributed by atoms with E-state index in [4.69, 9.17) is 5.73 Å². The van der Waals surface area contributed by atoms with E-state index in [9.17, 15) is 19.5 Å². The lowest BCUT2D eigenvalue weighted by atomic mass is 9.46. The van der Waals surface area contributed by atoms with Crippen LogP contribution in [-0.4, -0.2) is 34.6 Å². The van der Waals surface area contributed by atoms with E-state index >= 15 is 0 Å². The van der Waals surface area contributed by atoms with Gasteiger partial charge < -0.3 is 10.8 Å². The molecule has 6 atom stereocenters. The number of hydrogen-bond donors (Lipinski definition) is 2. The number of carbonyl (C=O) groups is 3. The highest BCUT2D eigenvalue weighted by molar-refractivity contribution is 5.94. The molecule has 0 heterocycles. The molecule has 0 aromatic heterocycles. The van der Waals surface area contributed by atoms with Crippen LogP contribution in [0, 0.1) is 28.6 Å². The SMILES string of the molecule is C[C@]12CCC(=O)C=C1CCC1C2C(=O)C[C@@]2(C)C1CC[C@]2(O)C(=O)CN.Cl. The van der Waals surface area contributed by atoms with Crippen LogP contribution >= 0.6 is 12.4 Å². The standard InChI is InChI=1S/C21H29NO4.ClH/c1-19-7-5-13(23)9-12(19)3-4-14-15-6-8-21(26,17(25)11-22)20(15,2)10-16(24)18(14)19;/h9,14-15,18,26H,3-8,10-11,22H2,1-2H3;1H/t14?,15?,18?,19-,20-,21-;/m0./s1. The lowest BCUT2D eigenvalue weighted by Gasteiger charge is -2.57. The molecular formula is C21H30ClNO4. The molecule has 3 saturated carbocycles. The molecule has 0 aromatic rings. The summed E-state index contributed by atoms with van der Waals surface area (Å²) in [6.45, 7) is 3.88. The summed E-state index contributed by atoms with van der Waals surface area (Å²) in [6, 6.07) is 0. The lowest BCUT2D eigenvalue weighted by Crippen LogP contribution is -2.61. The minimum atomic E-state index is -1.48. The van der Waals surface area contributed by atoms with Crippen molar-refractivity contribution in [1.82, 2.24) is 0 Å². The predicted octanol–water partition coefficient (Wildman–Crippen LogP) is 2.38. The van der Waals surface area contributed by atoms with Gasteiger partial charge in [-0.2, -0.15) is 0 Å². The number of hydrogen-bond acceptors (Lipinski definition) is 5. The molecule has 0 amide bonds. The van der Waals surface area contributed by atoms with Crippen molar-refractivity contribution in [3.8, 4) is 0 Å². The van der Waals surface area contributed by atoms with Gasteiger partial charge in [0.25, 0.3) is 0 Å². The van der Waals surface area contributed by atoms with E-state index in [1.165, 1.54) is 0 Å². The molecule has 0 aliphatic heterocycles. The number of rotatable bonds is 2. The van der Waals surface area contributed by atoms with Gasteiger partial charge in [0.1, 0.15) is 11.4 Å². The van der Waals surface area contributed by atoms with E-state index in [1.54, 1.807) is 6.08 Å². The van der Waals surface area contributed by atoms with Gasteiger partial charge in [-0.25, -0.2) is 0 Å². The molecule has 3 unspecified atom stereocenters. The minimum Gasteiger partial charge on any atom is -0.381 e. The van der Waals surface area contributed by atoms with Crippen LogP contribution in [0.5, 0.6) is 0 Å². The van der Waals surface area contributed by atoms with Gasteiger partial charge in [0.05, 0.1) is 6.54 Å². The van der Waals surface area contributed by atoms with E-state index in [-0.39, 0.29) is 65.9 Å². The van der Waals surface area contributed by atoms with Crippen molar-refractivity contribution in [3.63, 3.8) is 0 Å². The first-order chi connectivity index (χ1) is 12.2. The maximum absolute atomic E-state index is 13.4. The molecule has 3 fully saturated rings. The number of allylic oxidation sites excluding steroid dienone is 1. The van der Waals surface area contributed by atoms with E-state index in [0.717, 1.165) is 31.3 Å². The fraction of sp³-hybridized carbons (Fsp3) is 0.762. The van der Waals surface area contributed by atoms with Crippen molar-refractivity contribution >= 4 is 29.8 Å². The third-order valence-corrected chi connectivity index (χ3v) is 8.45. The summed E-state index contributed by atoms with van der Waals surface area (Å²) in [7, 11) is 0. The average molecular weight is 396 g/mol. The van der Waals surface area contributed by atoms with Crippen LogP contribution in [0.2, 0.25) is 0 Å². The van der Waals surface area contributed by atoms with Crippen LogP contribution in [0.25, 0.3) is 0 Å². The monoisotopic (exact) mass is 395 g/mol. The van der Waals surface area contributed by atoms with Crippen LogP contribution < -0.4 is 5.73 Å². The molecule has 0 spiro atoms. The van der Waals surface area contributed by atoms with Crippen LogP contribution in [0.15, 0.2) is 11.6 Å². The topological polar surface area (TPSA) is 97.5 Å². The number of ketones is 3. The normalized spacial score (nSPS) is 45.9. The van der Waals surface area contributed by atoms with Gasteiger partial charge >= 0.3 is 0 Å². The quantitative estimate of drug-likeness (QED) is 0.748. The van der Waals surface area contributed by atoms with Gasteiger partial charge in [0.2, 0.25) is 0 Å². The van der Waals surface area contributed by atoms with Crippen LogP contribution in [-0.2, 0) is 14.4 Å². The summed E-state index contributed by atoms with van der Waals surface area (Å²) in [5.74, 6) is 0.232. The molecule has 3 N–H and O–H groups in total. The van der Waals surface area contributed by atoms with Crippen molar-refractivity contribution in [3.05, 3.63) is 11.6 Å². The van der Waals surface area contributed by atoms with Gasteiger partial charge in [-0.1, -0.05) is 19.4 Å². The summed E-state index contributed by atoms with van der Waals surface area (Å²) in [5.41, 5.74) is 4.27. The fourth-order valence-electron chi connectivity index (χ4n) is 7.01. The highest BCUT2D eigenvalue weighted by Gasteiger charge is 2.68. The summed E-state index contributed by atoms with van der Waals surface area (Å²) in [6.07, 6.45) is 6.13. The van der Waals surface area contributed by atoms with Gasteiger partial charge in [-0.15, -0.1) is 12.4 Å². The Balaban J connectivity index is 0.00000210. The zero-order valence-corrected chi connectivity index (χ0v) is 16.9. The molecular weight excluding hydrogens is 366 g/mol. The zero-order chi connectivity index (χ0) is 18.9. The summed E-state index contributed by atoms with van der Waals surface area (Å²) in [4.78, 5) is 37.7. The van der Waals surface area contributed by atoms with Crippen molar-refractivity contribution in [2.24, 2.45) is 34.3 Å². The minimum absolute atomic E-state index is 0. The Labute approximate surface area is 166 Å². The lowest BCUT2D eigenvalue weighted by molar-refractivity contribution is -0.168. The molecule has 0 saturated heterocycles. The highest BCUT2D eigenvalue weighted by atomic mass is 35.5. The maximum Gasteiger partial charge on any atom is 0.178 e. The second-order valence-electron chi connectivity index (χ2n) is 9.43. The zero-order valence-electron chi connectivity index (χ0n) is 16.1. The molecule has 27 heavy (non-hydrogen) atoms. The largest absolute Gasteiger partial charge is 0.381 e. The third-order valence-electron chi connectivity index (χ3n) is 8.45. The molecule has 4 rings (SSSR count). The van der Waals surface area contributed by atoms with E-state index in [2.05, 4.69) is 6.92 Å². The van der Waals surface area contributed by atoms with Crippen molar-refractivity contribution < 1.29 is 19.5 Å². The van der Waals surface area contributed by atoms with E-state index in [1.807, 2.05) is 6.92 Å². The summed E-state index contributed by atoms with van der Waals surface area (Å²) < 4.78 is 0. The number of nitrogens with two attached hydrogens (primary N) is 1. The van der Waals surface area contributed by atoms with Gasteiger partial charge in [0.15, 0.2) is 11.6 Å². The molecule has 5 nitrogen and oxygen atoms in total. The van der Waals surface area contributed by atoms with Gasteiger partial charge in [0, 0.05) is 24.2 Å². The fourth-order valence-corrected chi connectivity index (χ4v) is 7.01. The van der Waals surface area contributed by atoms with Crippen LogP contribution in [0.1, 0.15) is 58.8 Å². The van der Waals surface area contributed by atoms with Crippen molar-refractivity contribution in [2.45, 2.75) is 64.4 Å². The number of Topliss-reactive ketones (excluding diaryl/α,β-unsaturated/α-hetero) is 2. The van der Waals surface area contributed by atoms with E-state index < -0.39 is 11.0 Å². The van der Waals surface area contributed by atoms with Crippen LogP contribution in [0.4, 0.5) is 0 Å². The summed E-state index contributed by atoms with van der Waals surface area (Å²) in [5, 5.41) is 11.2. The Kier molecular flexibility index (Phi) is 4.98. The second-order valence-corrected chi connectivity index (χ2v) is 9.43. The molecule has 0 radical (unpaired) electrons. The summed E-state index contributed by atoms with van der Waals surface area (Å²) >= 11 is 0. The smallest absolute Gasteiger partial charge is 0.178 e. The Morgan fingerprint density at radius 3 is 2.59 bits per heavy atom. The molecule has 6 heteroatoms. The van der Waals surface area contributed by atoms with Crippen LogP contribution in [0.3, 0.4) is 0 Å². The second kappa shape index (κ2) is 6.50. The third kappa shape index (κ3) is 2.54. The molecule has 150 valence electrons. The number of fused-ring (bicyclic) bond motifs is 5. The Bertz CT molecular complexity index is 734. The molecule has 0 aromatic carbocycles. The highest BCUT2D eigenvalue weighted by Crippen LogP contribution is 2.66. The molecule has 0 bridgehead atoms. The average Bonchev–Trinajstić information content (AvgIpc) is 2.86. The maximum atomic E-state index is 13.4. The number of aliphatic hydroxyl groups is 1. The first-order valence-electron chi connectivity index (χ1n) is 9.90. The van der Waals surface area contributed by atoms with Crippen molar-refractivity contribution in [1.29, 1.82) is 0 Å². The van der Waals surface area contributed by atoms with Gasteiger partial charge in [-0.05, 0) is 55.4 Å². The molecule has 4 aliphatic rings. The van der Waals surface area contributed by atoms with E-state index in [0.29, 0.717) is 12.8 Å². The molecule has 4 aliphatic carbocycles. The van der Waals surface area contributed by atoms with Crippen molar-refractivity contribution in [2.75, 3.05) is 6.54 Å². The Hall–Kier alpha value is -1.04. The van der Waals surface area contributed by atoms with Gasteiger partial charge in [-0.3, -0.25) is 14.4 Å². The number of carbonyl (C=O) groups excluding carboxylic acids is 3.